The molecule has 1 rings (SSSR count). The third-order valence-corrected chi connectivity index (χ3v) is 1.61. The summed E-state index contributed by atoms with van der Waals surface area (Å²) in [5.74, 6) is -0.0346. The SMILES string of the molecule is C.CC.CC(C)C.CCc1ccc(C(=O)O)cc1. The first-order chi connectivity index (χ1) is 7.97. The first-order valence-electron chi connectivity index (χ1n) is 6.29. The van der Waals surface area contributed by atoms with E-state index < -0.39 is 5.97 Å². The van der Waals surface area contributed by atoms with Gasteiger partial charge in [-0.15, -0.1) is 0 Å². The van der Waals surface area contributed by atoms with Crippen LogP contribution >= 0.6 is 0 Å². The zero-order chi connectivity index (χ0) is 13.8. The molecule has 0 amide bonds. The van der Waals surface area contributed by atoms with Crippen LogP contribution in [0.2, 0.25) is 0 Å². The summed E-state index contributed by atoms with van der Waals surface area (Å²) in [5, 5.41) is 8.55. The number of aromatic carboxylic acids is 1. The molecule has 0 bridgehead atoms. The van der Waals surface area contributed by atoms with Gasteiger partial charge >= 0.3 is 5.97 Å². The normalized spacial score (nSPS) is 8.17. The van der Waals surface area contributed by atoms with E-state index in [-0.39, 0.29) is 7.43 Å². The quantitative estimate of drug-likeness (QED) is 0.780. The van der Waals surface area contributed by atoms with Crippen LogP contribution in [0, 0.1) is 5.92 Å². The zero-order valence-corrected chi connectivity index (χ0v) is 11.9. The lowest BCUT2D eigenvalue weighted by molar-refractivity contribution is 0.0697. The Balaban J connectivity index is -0.000000277. The molecule has 0 aromatic heterocycles. The molecule has 0 heterocycles. The molecule has 0 atom stereocenters. The lowest BCUT2D eigenvalue weighted by atomic mass is 10.1. The van der Waals surface area contributed by atoms with Crippen LogP contribution in [0.1, 0.15) is 64.9 Å². The molecule has 0 fully saturated rings. The second kappa shape index (κ2) is 13.8. The van der Waals surface area contributed by atoms with Gasteiger partial charge in [0.25, 0.3) is 0 Å². The van der Waals surface area contributed by atoms with Crippen molar-refractivity contribution in [3.05, 3.63) is 35.4 Å². The second-order valence-corrected chi connectivity index (χ2v) is 4.09. The Bertz CT molecular complexity index is 284. The second-order valence-electron chi connectivity index (χ2n) is 4.09. The predicted octanol–water partition coefficient (Wildman–Crippen LogP) is 5.27. The number of aryl methyl sites for hydroxylation is 1. The molecule has 18 heavy (non-hydrogen) atoms. The Morgan fingerprint density at radius 1 is 1.11 bits per heavy atom. The number of carboxylic acid groups (broad SMARTS) is 1. The number of hydrogen-bond acceptors (Lipinski definition) is 1. The highest BCUT2D eigenvalue weighted by atomic mass is 16.4. The highest BCUT2D eigenvalue weighted by molar-refractivity contribution is 5.87. The van der Waals surface area contributed by atoms with Gasteiger partial charge in [-0.3, -0.25) is 0 Å². The van der Waals surface area contributed by atoms with Gasteiger partial charge in [-0.2, -0.15) is 0 Å². The van der Waals surface area contributed by atoms with Gasteiger partial charge in [0.15, 0.2) is 0 Å². The van der Waals surface area contributed by atoms with Crippen molar-refractivity contribution in [2.24, 2.45) is 5.92 Å². The molecule has 106 valence electrons. The molecule has 0 aliphatic carbocycles. The summed E-state index contributed by atoms with van der Waals surface area (Å²) in [5.41, 5.74) is 1.51. The van der Waals surface area contributed by atoms with Crippen molar-refractivity contribution < 1.29 is 9.90 Å². The van der Waals surface area contributed by atoms with Crippen molar-refractivity contribution in [2.75, 3.05) is 0 Å². The molecule has 1 aromatic carbocycles. The first kappa shape index (κ1) is 21.9. The molecular formula is C16H30O2. The highest BCUT2D eigenvalue weighted by Crippen LogP contribution is 2.04. The van der Waals surface area contributed by atoms with Crippen molar-refractivity contribution >= 4 is 5.97 Å². The lowest BCUT2D eigenvalue weighted by Gasteiger charge is -1.96. The molecule has 0 unspecified atom stereocenters. The first-order valence-corrected chi connectivity index (χ1v) is 6.29. The molecular weight excluding hydrogens is 224 g/mol. The minimum absolute atomic E-state index is 0. The topological polar surface area (TPSA) is 37.3 Å². The molecule has 0 spiro atoms. The molecule has 0 aliphatic rings. The minimum atomic E-state index is -0.868. The summed E-state index contributed by atoms with van der Waals surface area (Å²) in [6.07, 6.45) is 0.944. The van der Waals surface area contributed by atoms with Gasteiger partial charge in [-0.1, -0.05) is 61.1 Å². The summed E-state index contributed by atoms with van der Waals surface area (Å²) < 4.78 is 0. The van der Waals surface area contributed by atoms with Crippen LogP contribution in [0.5, 0.6) is 0 Å². The average molecular weight is 254 g/mol. The van der Waals surface area contributed by atoms with E-state index in [4.69, 9.17) is 5.11 Å². The van der Waals surface area contributed by atoms with E-state index in [1.165, 1.54) is 0 Å². The fraction of sp³-hybridized carbons (Fsp3) is 0.562. The van der Waals surface area contributed by atoms with Crippen molar-refractivity contribution in [2.45, 2.75) is 55.4 Å². The number of hydrogen-bond donors (Lipinski definition) is 1. The van der Waals surface area contributed by atoms with E-state index in [2.05, 4.69) is 20.8 Å². The minimum Gasteiger partial charge on any atom is -0.478 e. The highest BCUT2D eigenvalue weighted by Gasteiger charge is 1.99. The average Bonchev–Trinajstić information content (AvgIpc) is 2.31. The maximum Gasteiger partial charge on any atom is 0.335 e. The van der Waals surface area contributed by atoms with Crippen LogP contribution in [-0.4, -0.2) is 11.1 Å². The molecule has 2 nitrogen and oxygen atoms in total. The lowest BCUT2D eigenvalue weighted by Crippen LogP contribution is -1.95. The fourth-order valence-electron chi connectivity index (χ4n) is 0.883. The van der Waals surface area contributed by atoms with E-state index in [1.807, 2.05) is 32.9 Å². The maximum atomic E-state index is 10.4. The Morgan fingerprint density at radius 3 is 1.67 bits per heavy atom. The predicted molar refractivity (Wildman–Crippen MR) is 81.4 cm³/mol. The van der Waals surface area contributed by atoms with Crippen LogP contribution in [0.25, 0.3) is 0 Å². The summed E-state index contributed by atoms with van der Waals surface area (Å²) in [6.45, 7) is 12.5. The van der Waals surface area contributed by atoms with Crippen molar-refractivity contribution in [1.82, 2.24) is 0 Å². The Labute approximate surface area is 113 Å². The molecule has 2 heteroatoms. The van der Waals surface area contributed by atoms with E-state index >= 15 is 0 Å². The summed E-state index contributed by atoms with van der Waals surface area (Å²) in [7, 11) is 0. The number of rotatable bonds is 2. The summed E-state index contributed by atoms with van der Waals surface area (Å²) in [6, 6.07) is 6.93. The van der Waals surface area contributed by atoms with E-state index in [9.17, 15) is 4.79 Å². The third-order valence-electron chi connectivity index (χ3n) is 1.61. The van der Waals surface area contributed by atoms with Crippen molar-refractivity contribution in [3.63, 3.8) is 0 Å². The number of carboxylic acids is 1. The molecule has 0 saturated carbocycles. The van der Waals surface area contributed by atoms with Crippen LogP contribution in [-0.2, 0) is 6.42 Å². The third kappa shape index (κ3) is 12.8. The molecule has 0 saturated heterocycles. The van der Waals surface area contributed by atoms with E-state index in [1.54, 1.807) is 12.1 Å². The Kier molecular flexibility index (Phi) is 16.8. The van der Waals surface area contributed by atoms with Gasteiger partial charge in [-0.25, -0.2) is 4.79 Å². The largest absolute Gasteiger partial charge is 0.478 e. The van der Waals surface area contributed by atoms with Crippen LogP contribution in [0.3, 0.4) is 0 Å². The van der Waals surface area contributed by atoms with Crippen LogP contribution < -0.4 is 0 Å². The Morgan fingerprint density at radius 2 is 1.44 bits per heavy atom. The Hall–Kier alpha value is -1.31. The maximum absolute atomic E-state index is 10.4. The van der Waals surface area contributed by atoms with E-state index in [0.717, 1.165) is 17.9 Å². The number of carbonyl (C=O) groups is 1. The van der Waals surface area contributed by atoms with E-state index in [0.29, 0.717) is 5.56 Å². The van der Waals surface area contributed by atoms with Gasteiger partial charge < -0.3 is 5.11 Å². The molecule has 0 radical (unpaired) electrons. The van der Waals surface area contributed by atoms with Gasteiger partial charge in [0.05, 0.1) is 5.56 Å². The molecule has 0 aliphatic heterocycles. The standard InChI is InChI=1S/C9H10O2.C4H10.C2H6.CH4/c1-2-7-3-5-8(6-4-7)9(10)11;1-4(2)3;1-2;/h3-6H,2H2,1H3,(H,10,11);4H,1-3H3;1-2H3;1H4. The zero-order valence-electron chi connectivity index (χ0n) is 11.9. The fourth-order valence-corrected chi connectivity index (χ4v) is 0.883. The van der Waals surface area contributed by atoms with Crippen LogP contribution in [0.4, 0.5) is 0 Å². The summed E-state index contributed by atoms with van der Waals surface area (Å²) in [4.78, 5) is 10.4. The number of benzene rings is 1. The van der Waals surface area contributed by atoms with Gasteiger partial charge in [0.2, 0.25) is 0 Å². The monoisotopic (exact) mass is 254 g/mol. The van der Waals surface area contributed by atoms with Crippen molar-refractivity contribution in [1.29, 1.82) is 0 Å². The smallest absolute Gasteiger partial charge is 0.335 e. The van der Waals surface area contributed by atoms with Gasteiger partial charge in [-0.05, 0) is 30.0 Å². The van der Waals surface area contributed by atoms with Crippen molar-refractivity contribution in [3.8, 4) is 0 Å². The molecule has 1 N–H and O–H groups in total. The summed E-state index contributed by atoms with van der Waals surface area (Å²) >= 11 is 0. The molecule has 1 aromatic rings. The van der Waals surface area contributed by atoms with Gasteiger partial charge in [0.1, 0.15) is 0 Å². The van der Waals surface area contributed by atoms with Gasteiger partial charge in [0, 0.05) is 0 Å². The van der Waals surface area contributed by atoms with Crippen LogP contribution in [0.15, 0.2) is 24.3 Å².